The van der Waals surface area contributed by atoms with E-state index >= 15 is 0 Å². The first kappa shape index (κ1) is 13.8. The number of aliphatic carboxylic acids is 1. The zero-order valence-electron chi connectivity index (χ0n) is 11.1. The van der Waals surface area contributed by atoms with Gasteiger partial charge in [-0.15, -0.1) is 0 Å². The molecule has 1 heterocycles. The second kappa shape index (κ2) is 6.53. The van der Waals surface area contributed by atoms with Gasteiger partial charge >= 0.3 is 5.97 Å². The van der Waals surface area contributed by atoms with Crippen LogP contribution in [0.4, 0.5) is 0 Å². The lowest BCUT2D eigenvalue weighted by Gasteiger charge is -2.42. The Labute approximate surface area is 109 Å². The largest absolute Gasteiger partial charge is 0.481 e. The summed E-state index contributed by atoms with van der Waals surface area (Å²) in [5, 5.41) is 19.3. The van der Waals surface area contributed by atoms with Crippen LogP contribution in [-0.2, 0) is 4.79 Å². The average Bonchev–Trinajstić information content (AvgIpc) is 2.54. The van der Waals surface area contributed by atoms with Gasteiger partial charge in [0.15, 0.2) is 0 Å². The molecule has 3 unspecified atom stereocenters. The number of rotatable bonds is 3. The Balaban J connectivity index is 2.03. The number of likely N-dealkylation sites (tertiary alicyclic amines) is 1. The van der Waals surface area contributed by atoms with E-state index in [1.165, 1.54) is 6.42 Å². The minimum atomic E-state index is -0.713. The number of aliphatic hydroxyl groups is 1. The van der Waals surface area contributed by atoms with Gasteiger partial charge in [0, 0.05) is 12.1 Å². The van der Waals surface area contributed by atoms with Crippen molar-refractivity contribution in [3.63, 3.8) is 0 Å². The second-order valence-electron chi connectivity index (χ2n) is 5.76. The molecule has 2 N–H and O–H groups in total. The van der Waals surface area contributed by atoms with Gasteiger partial charge in [-0.3, -0.25) is 9.69 Å². The van der Waals surface area contributed by atoms with Crippen LogP contribution in [0, 0.1) is 0 Å². The third-order valence-corrected chi connectivity index (χ3v) is 4.45. The van der Waals surface area contributed by atoms with E-state index in [1.54, 1.807) is 0 Å². The quantitative estimate of drug-likeness (QED) is 0.757. The summed E-state index contributed by atoms with van der Waals surface area (Å²) in [4.78, 5) is 13.3. The molecule has 0 aromatic rings. The Hall–Kier alpha value is -0.610. The average molecular weight is 255 g/mol. The highest BCUT2D eigenvalue weighted by Gasteiger charge is 2.34. The van der Waals surface area contributed by atoms with Crippen LogP contribution in [0.3, 0.4) is 0 Å². The summed E-state index contributed by atoms with van der Waals surface area (Å²) >= 11 is 0. The molecule has 104 valence electrons. The number of hydrogen-bond donors (Lipinski definition) is 2. The van der Waals surface area contributed by atoms with Gasteiger partial charge in [-0.1, -0.05) is 25.7 Å². The maximum absolute atomic E-state index is 11.0. The fraction of sp³-hybridized carbons (Fsp3) is 0.929. The first-order chi connectivity index (χ1) is 8.68. The van der Waals surface area contributed by atoms with Crippen molar-refractivity contribution in [3.8, 4) is 0 Å². The van der Waals surface area contributed by atoms with Gasteiger partial charge in [0.05, 0.1) is 12.5 Å². The minimum Gasteiger partial charge on any atom is -0.481 e. The third kappa shape index (κ3) is 3.45. The number of nitrogens with zero attached hydrogens (tertiary/aromatic N) is 1. The molecule has 0 amide bonds. The van der Waals surface area contributed by atoms with Gasteiger partial charge in [0.1, 0.15) is 0 Å². The zero-order valence-corrected chi connectivity index (χ0v) is 11.1. The van der Waals surface area contributed by atoms with Gasteiger partial charge in [-0.05, 0) is 32.2 Å². The van der Waals surface area contributed by atoms with E-state index in [0.717, 1.165) is 51.5 Å². The lowest BCUT2D eigenvalue weighted by atomic mass is 9.93. The third-order valence-electron chi connectivity index (χ3n) is 4.45. The maximum atomic E-state index is 11.0. The first-order valence-corrected chi connectivity index (χ1v) is 7.34. The summed E-state index contributed by atoms with van der Waals surface area (Å²) in [5.41, 5.74) is 0. The molecule has 2 aliphatic rings. The van der Waals surface area contributed by atoms with Crippen molar-refractivity contribution in [2.45, 2.75) is 76.0 Å². The molecule has 0 spiro atoms. The van der Waals surface area contributed by atoms with Crippen molar-refractivity contribution < 1.29 is 15.0 Å². The zero-order chi connectivity index (χ0) is 13.0. The topological polar surface area (TPSA) is 60.8 Å². The number of carboxylic acids is 1. The highest BCUT2D eigenvalue weighted by molar-refractivity contribution is 5.67. The molecule has 2 rings (SSSR count). The van der Waals surface area contributed by atoms with E-state index in [4.69, 9.17) is 5.11 Å². The van der Waals surface area contributed by atoms with Gasteiger partial charge < -0.3 is 10.2 Å². The number of piperidine rings is 1. The number of aliphatic hydroxyl groups excluding tert-OH is 1. The fourth-order valence-corrected chi connectivity index (χ4v) is 3.54. The Morgan fingerprint density at radius 3 is 2.56 bits per heavy atom. The molecule has 4 nitrogen and oxygen atoms in total. The molecule has 1 aliphatic carbocycles. The SMILES string of the molecule is O=C(O)CC1CCCCN1C1CCCCCC1O. The summed E-state index contributed by atoms with van der Waals surface area (Å²) < 4.78 is 0. The van der Waals surface area contributed by atoms with E-state index in [2.05, 4.69) is 4.90 Å². The number of carbonyl (C=O) groups is 1. The van der Waals surface area contributed by atoms with Crippen LogP contribution >= 0.6 is 0 Å². The highest BCUT2D eigenvalue weighted by atomic mass is 16.4. The smallest absolute Gasteiger partial charge is 0.304 e. The fourth-order valence-electron chi connectivity index (χ4n) is 3.54. The van der Waals surface area contributed by atoms with Crippen molar-refractivity contribution in [3.05, 3.63) is 0 Å². The second-order valence-corrected chi connectivity index (χ2v) is 5.76. The molecule has 3 atom stereocenters. The highest BCUT2D eigenvalue weighted by Crippen LogP contribution is 2.29. The van der Waals surface area contributed by atoms with Crippen LogP contribution in [-0.4, -0.2) is 45.8 Å². The Morgan fingerprint density at radius 1 is 1.06 bits per heavy atom. The number of carboxylic acid groups (broad SMARTS) is 1. The molecule has 0 radical (unpaired) electrons. The molecule has 2 fully saturated rings. The lowest BCUT2D eigenvalue weighted by molar-refractivity contribution is -0.139. The van der Waals surface area contributed by atoms with Gasteiger partial charge in [0.25, 0.3) is 0 Å². The molecule has 18 heavy (non-hydrogen) atoms. The van der Waals surface area contributed by atoms with Crippen LogP contribution in [0.1, 0.15) is 57.8 Å². The van der Waals surface area contributed by atoms with Crippen molar-refractivity contribution in [1.29, 1.82) is 0 Å². The van der Waals surface area contributed by atoms with E-state index in [-0.39, 0.29) is 24.6 Å². The molecule has 4 heteroatoms. The molecular weight excluding hydrogens is 230 g/mol. The van der Waals surface area contributed by atoms with Crippen LogP contribution in [0.2, 0.25) is 0 Å². The van der Waals surface area contributed by atoms with E-state index in [9.17, 15) is 9.90 Å². The summed E-state index contributed by atoms with van der Waals surface area (Å²) in [6, 6.07) is 0.325. The minimum absolute atomic E-state index is 0.133. The van der Waals surface area contributed by atoms with E-state index in [1.807, 2.05) is 0 Å². The molecule has 1 aliphatic heterocycles. The monoisotopic (exact) mass is 255 g/mol. The van der Waals surface area contributed by atoms with Crippen molar-refractivity contribution >= 4 is 5.97 Å². The summed E-state index contributed by atoms with van der Waals surface area (Å²) in [6.07, 6.45) is 8.56. The van der Waals surface area contributed by atoms with Crippen molar-refractivity contribution in [2.24, 2.45) is 0 Å². The summed E-state index contributed by atoms with van der Waals surface area (Å²) in [6.45, 7) is 0.958. The Kier molecular flexibility index (Phi) is 5.01. The van der Waals surface area contributed by atoms with Crippen LogP contribution in [0.15, 0.2) is 0 Å². The van der Waals surface area contributed by atoms with Crippen molar-refractivity contribution in [1.82, 2.24) is 4.90 Å². The van der Waals surface area contributed by atoms with Crippen molar-refractivity contribution in [2.75, 3.05) is 6.54 Å². The first-order valence-electron chi connectivity index (χ1n) is 7.34. The molecule has 1 saturated heterocycles. The molecule has 0 bridgehead atoms. The molecular formula is C14H25NO3. The van der Waals surface area contributed by atoms with E-state index < -0.39 is 5.97 Å². The maximum Gasteiger partial charge on any atom is 0.304 e. The van der Waals surface area contributed by atoms with E-state index in [0.29, 0.717) is 0 Å². The Morgan fingerprint density at radius 2 is 1.78 bits per heavy atom. The Bertz CT molecular complexity index is 282. The van der Waals surface area contributed by atoms with Gasteiger partial charge in [-0.25, -0.2) is 0 Å². The van der Waals surface area contributed by atoms with Gasteiger partial charge in [-0.2, -0.15) is 0 Å². The van der Waals surface area contributed by atoms with Crippen LogP contribution in [0.5, 0.6) is 0 Å². The van der Waals surface area contributed by atoms with Crippen LogP contribution in [0.25, 0.3) is 0 Å². The predicted molar refractivity (Wildman–Crippen MR) is 69.5 cm³/mol. The van der Waals surface area contributed by atoms with Gasteiger partial charge in [0.2, 0.25) is 0 Å². The number of hydrogen-bond acceptors (Lipinski definition) is 3. The predicted octanol–water partition coefficient (Wildman–Crippen LogP) is 2.01. The molecule has 0 aromatic heterocycles. The lowest BCUT2D eigenvalue weighted by Crippen LogP contribution is -2.51. The standard InChI is InChI=1S/C14H25NO3/c16-13-8-3-1-2-7-12(13)15-9-5-4-6-11(15)10-14(17)18/h11-13,16H,1-10H2,(H,17,18). The molecule has 1 saturated carbocycles. The van der Waals surface area contributed by atoms with Crippen LogP contribution < -0.4 is 0 Å². The molecule has 0 aromatic carbocycles. The summed E-state index contributed by atoms with van der Waals surface area (Å²) in [7, 11) is 0. The normalized spacial score (nSPS) is 35.1. The summed E-state index contributed by atoms with van der Waals surface area (Å²) in [5.74, 6) is -0.713.